The topological polar surface area (TPSA) is 70.1 Å². The van der Waals surface area contributed by atoms with Gasteiger partial charge in [-0.25, -0.2) is 5.43 Å². The first-order valence-corrected chi connectivity index (χ1v) is 7.66. The van der Waals surface area contributed by atoms with E-state index in [9.17, 15) is 4.79 Å². The van der Waals surface area contributed by atoms with Gasteiger partial charge in [0.25, 0.3) is 5.91 Å². The molecule has 5 nitrogen and oxygen atoms in total. The number of hydrazone groups is 1. The number of amides is 1. The van der Waals surface area contributed by atoms with E-state index in [0.717, 1.165) is 16.1 Å². The molecule has 7 heteroatoms. The predicted molar refractivity (Wildman–Crippen MR) is 88.4 cm³/mol. The smallest absolute Gasteiger partial charge is 0.276 e. The minimum absolute atomic E-state index is 0.284. The first-order valence-electron chi connectivity index (χ1n) is 6.40. The summed E-state index contributed by atoms with van der Waals surface area (Å²) in [4.78, 5) is 13.0. The number of hydrogen-bond acceptors (Lipinski definition) is 4. The Morgan fingerprint density at radius 3 is 3.00 bits per heavy atom. The summed E-state index contributed by atoms with van der Waals surface area (Å²) in [5.41, 5.74) is 4.32. The van der Waals surface area contributed by atoms with Crippen molar-refractivity contribution in [3.63, 3.8) is 0 Å². The second kappa shape index (κ2) is 6.55. The minimum Gasteiger partial charge on any atom is -0.276 e. The van der Waals surface area contributed by atoms with Crippen LogP contribution in [0.2, 0.25) is 5.02 Å². The van der Waals surface area contributed by atoms with Crippen molar-refractivity contribution in [2.45, 2.75) is 0 Å². The molecular weight excluding hydrogens is 320 g/mol. The lowest BCUT2D eigenvalue weighted by atomic mass is 10.2. The van der Waals surface area contributed by atoms with Gasteiger partial charge in [0, 0.05) is 5.02 Å². The number of aromatic nitrogens is 2. The van der Waals surface area contributed by atoms with Crippen molar-refractivity contribution in [3.8, 4) is 10.6 Å². The van der Waals surface area contributed by atoms with E-state index in [1.54, 1.807) is 29.5 Å². The van der Waals surface area contributed by atoms with Gasteiger partial charge in [-0.1, -0.05) is 29.8 Å². The first kappa shape index (κ1) is 14.5. The molecule has 3 aromatic rings. The van der Waals surface area contributed by atoms with E-state index in [2.05, 4.69) is 20.7 Å². The fraction of sp³-hybridized carbons (Fsp3) is 0. The Kier molecular flexibility index (Phi) is 4.32. The van der Waals surface area contributed by atoms with Crippen molar-refractivity contribution in [2.75, 3.05) is 0 Å². The van der Waals surface area contributed by atoms with Gasteiger partial charge < -0.3 is 0 Å². The van der Waals surface area contributed by atoms with Crippen LogP contribution in [0, 0.1) is 0 Å². The third-order valence-electron chi connectivity index (χ3n) is 2.83. The van der Waals surface area contributed by atoms with Crippen LogP contribution in [0.1, 0.15) is 16.1 Å². The van der Waals surface area contributed by atoms with Gasteiger partial charge in [0.2, 0.25) is 0 Å². The number of aromatic amines is 1. The van der Waals surface area contributed by atoms with E-state index in [-0.39, 0.29) is 11.6 Å². The molecule has 1 amide bonds. The summed E-state index contributed by atoms with van der Waals surface area (Å²) in [5, 5.41) is 13.3. The number of nitrogens with one attached hydrogen (secondary N) is 2. The summed E-state index contributed by atoms with van der Waals surface area (Å²) in [6.45, 7) is 0. The number of nitrogens with zero attached hydrogens (tertiary/aromatic N) is 2. The molecule has 1 aromatic carbocycles. The van der Waals surface area contributed by atoms with Crippen LogP contribution < -0.4 is 5.43 Å². The summed E-state index contributed by atoms with van der Waals surface area (Å²) < 4.78 is 0. The zero-order valence-corrected chi connectivity index (χ0v) is 12.9. The van der Waals surface area contributed by atoms with E-state index >= 15 is 0 Å². The number of H-pyrrole nitrogens is 1. The van der Waals surface area contributed by atoms with Gasteiger partial charge in [0.15, 0.2) is 5.69 Å². The highest BCUT2D eigenvalue weighted by Gasteiger charge is 2.10. The van der Waals surface area contributed by atoms with E-state index in [1.807, 2.05) is 29.6 Å². The van der Waals surface area contributed by atoms with E-state index < -0.39 is 0 Å². The van der Waals surface area contributed by atoms with Crippen LogP contribution in [0.15, 0.2) is 52.9 Å². The number of carbonyl (C=O) groups is 1. The summed E-state index contributed by atoms with van der Waals surface area (Å²) in [6, 6.07) is 12.8. The Morgan fingerprint density at radius 1 is 1.32 bits per heavy atom. The lowest BCUT2D eigenvalue weighted by molar-refractivity contribution is 0.0950. The summed E-state index contributed by atoms with van der Waals surface area (Å²) in [7, 11) is 0. The number of carbonyl (C=O) groups excluding carboxylic acids is 1. The number of rotatable bonds is 4. The quantitative estimate of drug-likeness (QED) is 0.567. The molecule has 0 atom stereocenters. The van der Waals surface area contributed by atoms with Crippen LogP contribution in [0.25, 0.3) is 10.6 Å². The lowest BCUT2D eigenvalue weighted by Gasteiger charge is -1.96. The molecule has 0 aliphatic carbocycles. The van der Waals surface area contributed by atoms with Crippen LogP contribution in [0.3, 0.4) is 0 Å². The molecule has 0 saturated heterocycles. The normalized spacial score (nSPS) is 11.0. The molecule has 0 spiro atoms. The molecule has 2 aromatic heterocycles. The zero-order chi connectivity index (χ0) is 15.4. The molecular formula is C15H11ClN4OS. The number of hydrogen-bond donors (Lipinski definition) is 2. The molecule has 22 heavy (non-hydrogen) atoms. The molecule has 0 bridgehead atoms. The summed E-state index contributed by atoms with van der Waals surface area (Å²) >= 11 is 7.44. The Labute approximate surface area is 135 Å². The average molecular weight is 331 g/mol. The van der Waals surface area contributed by atoms with Gasteiger partial charge >= 0.3 is 0 Å². The van der Waals surface area contributed by atoms with Crippen LogP contribution in [0.4, 0.5) is 0 Å². The Morgan fingerprint density at radius 2 is 2.23 bits per heavy atom. The van der Waals surface area contributed by atoms with Gasteiger partial charge in [0.05, 0.1) is 16.8 Å². The van der Waals surface area contributed by atoms with Crippen LogP contribution in [-0.2, 0) is 0 Å². The third-order valence-corrected chi connectivity index (χ3v) is 3.96. The Balaban J connectivity index is 1.65. The standard InChI is InChI=1S/C15H11ClN4OS/c16-11-4-1-3-10(7-11)9-17-20-15(21)13-8-12(18-19-13)14-5-2-6-22-14/h1-9H,(H,18,19)(H,20,21)/b17-9-. The maximum atomic E-state index is 12.0. The van der Waals surface area contributed by atoms with Crippen molar-refractivity contribution < 1.29 is 4.79 Å². The number of thiophene rings is 1. The van der Waals surface area contributed by atoms with Crippen LogP contribution in [-0.4, -0.2) is 22.3 Å². The molecule has 3 rings (SSSR count). The maximum absolute atomic E-state index is 12.0. The molecule has 0 aliphatic rings. The monoisotopic (exact) mass is 330 g/mol. The van der Waals surface area contributed by atoms with Crippen molar-refractivity contribution in [2.24, 2.45) is 5.10 Å². The van der Waals surface area contributed by atoms with Crippen molar-refractivity contribution >= 4 is 35.1 Å². The van der Waals surface area contributed by atoms with E-state index in [1.165, 1.54) is 6.21 Å². The third kappa shape index (κ3) is 3.41. The van der Waals surface area contributed by atoms with Crippen LogP contribution >= 0.6 is 22.9 Å². The summed E-state index contributed by atoms with van der Waals surface area (Å²) in [6.07, 6.45) is 1.52. The molecule has 2 heterocycles. The zero-order valence-electron chi connectivity index (χ0n) is 11.3. The highest BCUT2D eigenvalue weighted by molar-refractivity contribution is 7.13. The maximum Gasteiger partial charge on any atom is 0.291 e. The molecule has 0 radical (unpaired) electrons. The van der Waals surface area contributed by atoms with Crippen LogP contribution in [0.5, 0.6) is 0 Å². The average Bonchev–Trinajstić information content (AvgIpc) is 3.18. The van der Waals surface area contributed by atoms with E-state index in [0.29, 0.717) is 5.02 Å². The van der Waals surface area contributed by atoms with Gasteiger partial charge in [0.1, 0.15) is 0 Å². The van der Waals surface area contributed by atoms with Gasteiger partial charge in [-0.3, -0.25) is 9.89 Å². The minimum atomic E-state index is -0.377. The SMILES string of the molecule is O=C(N/N=C\c1cccc(Cl)c1)c1cc(-c2cccs2)[nH]n1. The van der Waals surface area contributed by atoms with Crippen molar-refractivity contribution in [1.82, 2.24) is 15.6 Å². The largest absolute Gasteiger partial charge is 0.291 e. The van der Waals surface area contributed by atoms with Gasteiger partial charge in [-0.05, 0) is 35.2 Å². The lowest BCUT2D eigenvalue weighted by Crippen LogP contribution is -2.17. The van der Waals surface area contributed by atoms with Crippen molar-refractivity contribution in [1.29, 1.82) is 0 Å². The number of benzene rings is 1. The van der Waals surface area contributed by atoms with Crippen molar-refractivity contribution in [3.05, 3.63) is 64.1 Å². The van der Waals surface area contributed by atoms with E-state index in [4.69, 9.17) is 11.6 Å². The summed E-state index contributed by atoms with van der Waals surface area (Å²) in [5.74, 6) is -0.377. The molecule has 0 aliphatic heterocycles. The second-order valence-corrected chi connectivity index (χ2v) is 5.78. The fourth-order valence-electron chi connectivity index (χ4n) is 1.81. The number of halogens is 1. The molecule has 0 fully saturated rings. The molecule has 110 valence electrons. The van der Waals surface area contributed by atoms with Gasteiger partial charge in [-0.2, -0.15) is 10.2 Å². The Hall–Kier alpha value is -2.44. The highest BCUT2D eigenvalue weighted by atomic mass is 35.5. The van der Waals surface area contributed by atoms with Gasteiger partial charge in [-0.15, -0.1) is 11.3 Å². The molecule has 0 saturated carbocycles. The predicted octanol–water partition coefficient (Wildman–Crippen LogP) is 3.56. The molecule has 0 unspecified atom stereocenters. The molecule has 2 N–H and O–H groups in total. The highest BCUT2D eigenvalue weighted by Crippen LogP contribution is 2.22. The fourth-order valence-corrected chi connectivity index (χ4v) is 2.70. The Bertz CT molecular complexity index is 811. The first-order chi connectivity index (χ1) is 10.7. The second-order valence-electron chi connectivity index (χ2n) is 4.40.